The van der Waals surface area contributed by atoms with E-state index in [0.717, 1.165) is 24.8 Å². The van der Waals surface area contributed by atoms with Gasteiger partial charge in [-0.2, -0.15) is 0 Å². The van der Waals surface area contributed by atoms with E-state index in [1.54, 1.807) is 23.1 Å². The van der Waals surface area contributed by atoms with E-state index in [9.17, 15) is 14.7 Å². The number of benzene rings is 2. The SMILES string of the molecule is CCCCCN1C(=O)C(=O)/C(=C(/O)c2cc(C)cc(Cl)c2OC)C1c1cccc(OCC)c1. The predicted molar refractivity (Wildman–Crippen MR) is 129 cm³/mol. The summed E-state index contributed by atoms with van der Waals surface area (Å²) in [5.74, 6) is -0.780. The smallest absolute Gasteiger partial charge is 0.295 e. The van der Waals surface area contributed by atoms with E-state index in [1.165, 1.54) is 7.11 Å². The second kappa shape index (κ2) is 10.8. The van der Waals surface area contributed by atoms with E-state index in [2.05, 4.69) is 6.92 Å². The number of Topliss-reactive ketones (excluding diaryl/α,β-unsaturated/α-hetero) is 1. The minimum Gasteiger partial charge on any atom is -0.507 e. The number of halogens is 1. The Bertz CT molecular complexity index is 1080. The van der Waals surface area contributed by atoms with Gasteiger partial charge in [-0.05, 0) is 55.7 Å². The lowest BCUT2D eigenvalue weighted by molar-refractivity contribution is -0.139. The molecule has 0 spiro atoms. The number of unbranched alkanes of at least 4 members (excludes halogenated alkanes) is 2. The fourth-order valence-corrected chi connectivity index (χ4v) is 4.54. The van der Waals surface area contributed by atoms with E-state index in [0.29, 0.717) is 29.5 Å². The first-order valence-electron chi connectivity index (χ1n) is 11.2. The fourth-order valence-electron chi connectivity index (χ4n) is 4.19. The maximum Gasteiger partial charge on any atom is 0.295 e. The third-order valence-corrected chi connectivity index (χ3v) is 5.96. The van der Waals surface area contributed by atoms with Crippen LogP contribution in [0, 0.1) is 6.92 Å². The highest BCUT2D eigenvalue weighted by atomic mass is 35.5. The summed E-state index contributed by atoms with van der Waals surface area (Å²) in [4.78, 5) is 27.8. The summed E-state index contributed by atoms with van der Waals surface area (Å²) in [6, 6.07) is 9.93. The number of aliphatic hydroxyl groups excluding tert-OH is 1. The van der Waals surface area contributed by atoms with Crippen molar-refractivity contribution in [3.63, 3.8) is 0 Å². The molecular weight excluding hydrogens is 442 g/mol. The minimum absolute atomic E-state index is 0.0186. The van der Waals surface area contributed by atoms with Crippen molar-refractivity contribution in [1.29, 1.82) is 0 Å². The van der Waals surface area contributed by atoms with E-state index in [1.807, 2.05) is 32.0 Å². The first-order valence-corrected chi connectivity index (χ1v) is 11.6. The maximum absolute atomic E-state index is 13.2. The number of hydrogen-bond donors (Lipinski definition) is 1. The molecule has 1 amide bonds. The van der Waals surface area contributed by atoms with Crippen molar-refractivity contribution < 1.29 is 24.2 Å². The number of aliphatic hydroxyl groups is 1. The number of carbonyl (C=O) groups is 2. The number of ether oxygens (including phenoxy) is 2. The van der Waals surface area contributed by atoms with Gasteiger partial charge in [0.15, 0.2) is 0 Å². The van der Waals surface area contributed by atoms with Crippen molar-refractivity contribution in [2.75, 3.05) is 20.3 Å². The molecule has 1 saturated heterocycles. The zero-order valence-corrected chi connectivity index (χ0v) is 20.2. The molecule has 1 atom stereocenters. The van der Waals surface area contributed by atoms with Crippen LogP contribution in [0.2, 0.25) is 5.02 Å². The van der Waals surface area contributed by atoms with Crippen LogP contribution in [0.3, 0.4) is 0 Å². The van der Waals surface area contributed by atoms with Crippen molar-refractivity contribution in [3.8, 4) is 11.5 Å². The third-order valence-electron chi connectivity index (χ3n) is 5.67. The highest BCUT2D eigenvalue weighted by molar-refractivity contribution is 6.46. The number of aryl methyl sites for hydroxylation is 1. The topological polar surface area (TPSA) is 76.1 Å². The molecule has 1 unspecified atom stereocenters. The first-order chi connectivity index (χ1) is 15.8. The van der Waals surface area contributed by atoms with Gasteiger partial charge >= 0.3 is 0 Å². The maximum atomic E-state index is 13.2. The van der Waals surface area contributed by atoms with Gasteiger partial charge in [0.2, 0.25) is 0 Å². The lowest BCUT2D eigenvalue weighted by atomic mass is 9.94. The molecule has 2 aromatic carbocycles. The molecule has 0 bridgehead atoms. The largest absolute Gasteiger partial charge is 0.507 e. The second-order valence-electron chi connectivity index (χ2n) is 8.03. The Hall–Kier alpha value is -2.99. The first kappa shape index (κ1) is 24.6. The Morgan fingerprint density at radius 2 is 1.91 bits per heavy atom. The van der Waals surface area contributed by atoms with Gasteiger partial charge in [-0.15, -0.1) is 0 Å². The molecule has 1 aliphatic heterocycles. The second-order valence-corrected chi connectivity index (χ2v) is 8.44. The van der Waals surface area contributed by atoms with Crippen LogP contribution < -0.4 is 9.47 Å². The van der Waals surface area contributed by atoms with Gasteiger partial charge in [0.1, 0.15) is 17.3 Å². The summed E-state index contributed by atoms with van der Waals surface area (Å²) >= 11 is 6.34. The number of nitrogens with zero attached hydrogens (tertiary/aromatic N) is 1. The van der Waals surface area contributed by atoms with Gasteiger partial charge in [-0.1, -0.05) is 43.5 Å². The van der Waals surface area contributed by atoms with Gasteiger partial charge in [0.05, 0.1) is 35.9 Å². The Morgan fingerprint density at radius 3 is 2.58 bits per heavy atom. The summed E-state index contributed by atoms with van der Waals surface area (Å²) < 4.78 is 11.1. The number of likely N-dealkylation sites (tertiary alicyclic amines) is 1. The van der Waals surface area contributed by atoms with E-state index in [-0.39, 0.29) is 22.6 Å². The normalized spacial score (nSPS) is 17.5. The van der Waals surface area contributed by atoms with Crippen molar-refractivity contribution >= 4 is 29.1 Å². The number of hydrogen-bond acceptors (Lipinski definition) is 5. The molecule has 33 heavy (non-hydrogen) atoms. The summed E-state index contributed by atoms with van der Waals surface area (Å²) in [6.07, 6.45) is 2.66. The standard InChI is InChI=1S/C26H30ClNO5/c1-5-7-8-12-28-22(17-10-9-11-18(15-17)33-6-2)21(24(30)26(28)31)23(29)19-13-16(3)14-20(27)25(19)32-4/h9-11,13-15,22,29H,5-8,12H2,1-4H3/b23-21+. The quantitative estimate of drug-likeness (QED) is 0.221. The molecule has 1 fully saturated rings. The molecular formula is C26H30ClNO5. The van der Waals surface area contributed by atoms with Crippen LogP contribution in [-0.4, -0.2) is 42.0 Å². The number of methoxy groups -OCH3 is 1. The molecule has 7 heteroatoms. The van der Waals surface area contributed by atoms with Gasteiger partial charge in [0.25, 0.3) is 11.7 Å². The van der Waals surface area contributed by atoms with Crippen molar-refractivity contribution in [2.24, 2.45) is 0 Å². The predicted octanol–water partition coefficient (Wildman–Crippen LogP) is 5.67. The summed E-state index contributed by atoms with van der Waals surface area (Å²) in [7, 11) is 1.44. The van der Waals surface area contributed by atoms with Crippen LogP contribution in [0.4, 0.5) is 0 Å². The highest BCUT2D eigenvalue weighted by Crippen LogP contribution is 2.43. The van der Waals surface area contributed by atoms with Crippen LogP contribution in [0.15, 0.2) is 42.0 Å². The van der Waals surface area contributed by atoms with Crippen LogP contribution >= 0.6 is 11.6 Å². The lowest BCUT2D eigenvalue weighted by Crippen LogP contribution is -2.30. The lowest BCUT2D eigenvalue weighted by Gasteiger charge is -2.26. The Labute approximate surface area is 199 Å². The van der Waals surface area contributed by atoms with Crippen molar-refractivity contribution in [3.05, 3.63) is 63.7 Å². The van der Waals surface area contributed by atoms with Gasteiger partial charge in [-0.3, -0.25) is 9.59 Å². The number of amides is 1. The highest BCUT2D eigenvalue weighted by Gasteiger charge is 2.46. The molecule has 3 rings (SSSR count). The molecule has 0 radical (unpaired) electrons. The van der Waals surface area contributed by atoms with Crippen LogP contribution in [0.25, 0.3) is 5.76 Å². The minimum atomic E-state index is -0.744. The molecule has 0 saturated carbocycles. The van der Waals surface area contributed by atoms with Gasteiger partial charge in [-0.25, -0.2) is 0 Å². The van der Waals surface area contributed by atoms with Crippen LogP contribution in [-0.2, 0) is 9.59 Å². The molecule has 0 aliphatic carbocycles. The zero-order valence-electron chi connectivity index (χ0n) is 19.5. The molecule has 2 aromatic rings. The fraction of sp³-hybridized carbons (Fsp3) is 0.385. The average Bonchev–Trinajstić information content (AvgIpc) is 3.04. The van der Waals surface area contributed by atoms with Crippen LogP contribution in [0.1, 0.15) is 55.8 Å². The summed E-state index contributed by atoms with van der Waals surface area (Å²) in [5, 5.41) is 11.7. The molecule has 1 aliphatic rings. The Balaban J connectivity index is 2.22. The van der Waals surface area contributed by atoms with Crippen LogP contribution in [0.5, 0.6) is 11.5 Å². The molecule has 1 N–H and O–H groups in total. The molecule has 176 valence electrons. The molecule has 1 heterocycles. The average molecular weight is 472 g/mol. The molecule has 0 aromatic heterocycles. The number of carbonyl (C=O) groups excluding carboxylic acids is 2. The number of ketones is 1. The zero-order chi connectivity index (χ0) is 24.1. The summed E-state index contributed by atoms with van der Waals surface area (Å²) in [5.41, 5.74) is 1.77. The Kier molecular flexibility index (Phi) is 8.03. The van der Waals surface area contributed by atoms with E-state index >= 15 is 0 Å². The van der Waals surface area contributed by atoms with Crippen molar-refractivity contribution in [2.45, 2.75) is 46.1 Å². The molecule has 6 nitrogen and oxygen atoms in total. The van der Waals surface area contributed by atoms with Crippen molar-refractivity contribution in [1.82, 2.24) is 4.90 Å². The van der Waals surface area contributed by atoms with Gasteiger partial charge < -0.3 is 19.5 Å². The van der Waals surface area contributed by atoms with Gasteiger partial charge in [0, 0.05) is 6.54 Å². The summed E-state index contributed by atoms with van der Waals surface area (Å²) in [6.45, 7) is 6.68. The van der Waals surface area contributed by atoms with E-state index < -0.39 is 17.7 Å². The third kappa shape index (κ3) is 5.01. The number of rotatable bonds is 9. The Morgan fingerprint density at radius 1 is 1.15 bits per heavy atom. The monoisotopic (exact) mass is 471 g/mol. The van der Waals surface area contributed by atoms with E-state index in [4.69, 9.17) is 21.1 Å².